The number of Topliss-reactive ketones (excluding diaryl/α,β-unsaturated/α-hetero) is 1. The summed E-state index contributed by atoms with van der Waals surface area (Å²) in [6, 6.07) is 13.5. The number of rotatable bonds is 6. The van der Waals surface area contributed by atoms with Gasteiger partial charge in [0.05, 0.1) is 37.1 Å². The van der Waals surface area contributed by atoms with Gasteiger partial charge in [-0.05, 0) is 55.3 Å². The number of esters is 1. The minimum absolute atomic E-state index is 0.0680. The third-order valence-corrected chi connectivity index (χ3v) is 7.21. The minimum atomic E-state index is -1.28. The topological polar surface area (TPSA) is 125 Å². The molecule has 3 aromatic rings. The first kappa shape index (κ1) is 31.9. The van der Waals surface area contributed by atoms with Gasteiger partial charge in [0.2, 0.25) is 5.91 Å². The van der Waals surface area contributed by atoms with Gasteiger partial charge in [-0.2, -0.15) is 0 Å². The average molecular weight is 603 g/mol. The number of urea groups is 1. The molecule has 230 valence electrons. The number of hydrogen-bond acceptors (Lipinski definition) is 6. The van der Waals surface area contributed by atoms with E-state index in [-0.39, 0.29) is 36.0 Å². The first-order valence-electron chi connectivity index (χ1n) is 14.0. The summed E-state index contributed by atoms with van der Waals surface area (Å²) < 4.78 is 18.7. The van der Waals surface area contributed by atoms with Gasteiger partial charge in [0.25, 0.3) is 5.91 Å². The molecule has 0 saturated carbocycles. The second-order valence-corrected chi connectivity index (χ2v) is 11.7. The normalized spacial score (nSPS) is 14.8. The van der Waals surface area contributed by atoms with Crippen molar-refractivity contribution in [3.05, 3.63) is 88.7 Å². The predicted octanol–water partition coefficient (Wildman–Crippen LogP) is 5.03. The van der Waals surface area contributed by atoms with E-state index in [0.717, 1.165) is 30.4 Å². The molecule has 44 heavy (non-hydrogen) atoms. The highest BCUT2D eigenvalue weighted by atomic mass is 19.1. The van der Waals surface area contributed by atoms with Gasteiger partial charge in [-0.3, -0.25) is 14.4 Å². The van der Waals surface area contributed by atoms with Crippen molar-refractivity contribution in [2.24, 2.45) is 5.41 Å². The molecular weight excluding hydrogens is 567 g/mol. The van der Waals surface area contributed by atoms with E-state index in [1.807, 2.05) is 19.1 Å². The molecule has 11 heteroatoms. The summed E-state index contributed by atoms with van der Waals surface area (Å²) in [6.07, 6.45) is 0. The van der Waals surface area contributed by atoms with Crippen LogP contribution in [0.15, 0.2) is 60.7 Å². The molecule has 1 atom stereocenters. The number of nitrogens with one attached hydrogen (secondary N) is 2. The van der Waals surface area contributed by atoms with Gasteiger partial charge in [0, 0.05) is 16.7 Å². The highest BCUT2D eigenvalue weighted by molar-refractivity contribution is 6.13. The van der Waals surface area contributed by atoms with Gasteiger partial charge >= 0.3 is 12.0 Å². The number of halogens is 1. The summed E-state index contributed by atoms with van der Waals surface area (Å²) >= 11 is 0. The van der Waals surface area contributed by atoms with Gasteiger partial charge in [-0.15, -0.1) is 0 Å². The number of carbonyl (C=O) groups excluding carboxylic acids is 5. The Morgan fingerprint density at radius 1 is 0.955 bits per heavy atom. The van der Waals surface area contributed by atoms with Crippen LogP contribution in [0.4, 0.5) is 26.2 Å². The monoisotopic (exact) mass is 602 g/mol. The van der Waals surface area contributed by atoms with Crippen molar-refractivity contribution >= 4 is 46.7 Å². The number of methoxy groups -OCH3 is 1. The number of benzene rings is 3. The minimum Gasteiger partial charge on any atom is -0.465 e. The van der Waals surface area contributed by atoms with Gasteiger partial charge in [0.15, 0.2) is 5.78 Å². The van der Waals surface area contributed by atoms with E-state index in [1.54, 1.807) is 58.0 Å². The molecule has 1 aliphatic heterocycles. The van der Waals surface area contributed by atoms with E-state index in [2.05, 4.69) is 15.4 Å². The second kappa shape index (κ2) is 12.7. The number of hydrogen-bond donors (Lipinski definition) is 2. The molecule has 0 spiro atoms. The van der Waals surface area contributed by atoms with Crippen LogP contribution in [0.25, 0.3) is 0 Å². The fourth-order valence-electron chi connectivity index (χ4n) is 4.92. The van der Waals surface area contributed by atoms with Crippen molar-refractivity contribution in [2.75, 3.05) is 35.3 Å². The summed E-state index contributed by atoms with van der Waals surface area (Å²) in [4.78, 5) is 69.3. The van der Waals surface area contributed by atoms with Crippen LogP contribution in [-0.4, -0.2) is 55.8 Å². The molecule has 4 rings (SSSR count). The highest BCUT2D eigenvalue weighted by Crippen LogP contribution is 2.36. The molecule has 2 N–H and O–H groups in total. The summed E-state index contributed by atoms with van der Waals surface area (Å²) in [5, 5.41) is 5.12. The zero-order chi connectivity index (χ0) is 32.3. The first-order valence-corrected chi connectivity index (χ1v) is 14.0. The lowest BCUT2D eigenvalue weighted by Gasteiger charge is -2.31. The van der Waals surface area contributed by atoms with E-state index in [0.29, 0.717) is 16.9 Å². The van der Waals surface area contributed by atoms with Gasteiger partial charge in [0.1, 0.15) is 11.9 Å². The number of nitrogens with zero attached hydrogens (tertiary/aromatic N) is 2. The SMILES string of the molecule is COC(=O)c1cc(NC(=O)NC2CN(C(=O)C(C)(C)C)c3ccc(C)cc3N(CC(=O)c3ccccc3C)C2=O)ccc1F. The Morgan fingerprint density at radius 2 is 1.66 bits per heavy atom. The number of ether oxygens (including phenoxy) is 1. The fourth-order valence-corrected chi connectivity index (χ4v) is 4.92. The largest absolute Gasteiger partial charge is 0.465 e. The van der Waals surface area contributed by atoms with Crippen LogP contribution in [0.1, 0.15) is 52.6 Å². The highest BCUT2D eigenvalue weighted by Gasteiger charge is 2.40. The van der Waals surface area contributed by atoms with Crippen molar-refractivity contribution in [1.82, 2.24) is 5.32 Å². The van der Waals surface area contributed by atoms with E-state index in [9.17, 15) is 28.4 Å². The maximum Gasteiger partial charge on any atom is 0.340 e. The third kappa shape index (κ3) is 6.77. The van der Waals surface area contributed by atoms with E-state index >= 15 is 0 Å². The van der Waals surface area contributed by atoms with Gasteiger partial charge in [-0.1, -0.05) is 51.1 Å². The number of fused-ring (bicyclic) bond motifs is 1. The van der Waals surface area contributed by atoms with Crippen molar-refractivity contribution in [3.8, 4) is 0 Å². The van der Waals surface area contributed by atoms with Gasteiger partial charge < -0.3 is 25.2 Å². The van der Waals surface area contributed by atoms with Crippen molar-refractivity contribution in [2.45, 2.75) is 40.7 Å². The first-order chi connectivity index (χ1) is 20.7. The van der Waals surface area contributed by atoms with Crippen LogP contribution in [0.3, 0.4) is 0 Å². The number of aryl methyl sites for hydroxylation is 2. The molecule has 3 aromatic carbocycles. The van der Waals surface area contributed by atoms with Crippen LogP contribution in [-0.2, 0) is 14.3 Å². The van der Waals surface area contributed by atoms with Gasteiger partial charge in [-0.25, -0.2) is 14.0 Å². The smallest absolute Gasteiger partial charge is 0.340 e. The molecule has 1 heterocycles. The molecule has 1 aliphatic rings. The molecule has 0 bridgehead atoms. The zero-order valence-electron chi connectivity index (χ0n) is 25.5. The third-order valence-electron chi connectivity index (χ3n) is 7.21. The summed E-state index contributed by atoms with van der Waals surface area (Å²) in [6.45, 7) is 8.33. The molecule has 0 fully saturated rings. The Kier molecular flexibility index (Phi) is 9.17. The van der Waals surface area contributed by atoms with Crippen molar-refractivity contribution in [3.63, 3.8) is 0 Å². The van der Waals surface area contributed by atoms with Crippen molar-refractivity contribution in [1.29, 1.82) is 0 Å². The molecule has 10 nitrogen and oxygen atoms in total. The number of amides is 4. The molecule has 4 amide bonds. The number of anilines is 3. The zero-order valence-corrected chi connectivity index (χ0v) is 25.5. The lowest BCUT2D eigenvalue weighted by molar-refractivity contribution is -0.126. The Bertz CT molecular complexity index is 1650. The Labute approximate surface area is 255 Å². The molecular formula is C33H35FN4O6. The number of carbonyl (C=O) groups is 5. The predicted molar refractivity (Wildman–Crippen MR) is 165 cm³/mol. The summed E-state index contributed by atoms with van der Waals surface area (Å²) in [5.41, 5.74) is 1.61. The lowest BCUT2D eigenvalue weighted by Crippen LogP contribution is -2.55. The number of ketones is 1. The van der Waals surface area contributed by atoms with Crippen LogP contribution in [0.2, 0.25) is 0 Å². The molecule has 0 radical (unpaired) electrons. The Balaban J connectivity index is 1.73. The maximum atomic E-state index is 14.2. The molecule has 0 aliphatic carbocycles. The Morgan fingerprint density at radius 3 is 2.32 bits per heavy atom. The van der Waals surface area contributed by atoms with E-state index < -0.39 is 35.2 Å². The van der Waals surface area contributed by atoms with Crippen LogP contribution in [0, 0.1) is 25.1 Å². The molecule has 1 unspecified atom stereocenters. The van der Waals surface area contributed by atoms with E-state index in [4.69, 9.17) is 0 Å². The van der Waals surface area contributed by atoms with Crippen molar-refractivity contribution < 1.29 is 33.1 Å². The van der Waals surface area contributed by atoms with E-state index in [1.165, 1.54) is 15.9 Å². The molecule has 0 aromatic heterocycles. The standard InChI is InChI=1S/C33H35FN4O6/c1-19-11-14-26-27(15-19)37(18-28(39)22-10-8-7-9-20(22)2)29(40)25(17-38(26)31(42)33(3,4)5)36-32(43)35-21-12-13-24(34)23(16-21)30(41)44-6/h7-16,25H,17-18H2,1-6H3,(H2,35,36,43). The molecule has 0 saturated heterocycles. The average Bonchev–Trinajstić information content (AvgIpc) is 3.07. The second-order valence-electron chi connectivity index (χ2n) is 11.7. The van der Waals surface area contributed by atoms with Crippen LogP contribution in [0.5, 0.6) is 0 Å². The lowest BCUT2D eigenvalue weighted by atomic mass is 9.94. The maximum absolute atomic E-state index is 14.2. The summed E-state index contributed by atoms with van der Waals surface area (Å²) in [7, 11) is 1.10. The fraction of sp³-hybridized carbons (Fsp3) is 0.303. The van der Waals surface area contributed by atoms with Crippen LogP contribution >= 0.6 is 0 Å². The Hall–Kier alpha value is -5.06. The summed E-state index contributed by atoms with van der Waals surface area (Å²) in [5.74, 6) is -2.98. The van der Waals surface area contributed by atoms with Crippen LogP contribution < -0.4 is 20.4 Å². The quantitative estimate of drug-likeness (QED) is 0.301.